The van der Waals surface area contributed by atoms with Crippen LogP contribution in [0.1, 0.15) is 36.0 Å². The number of hydrogen-bond donors (Lipinski definition) is 0. The van der Waals surface area contributed by atoms with Crippen LogP contribution in [0.5, 0.6) is 11.5 Å². The zero-order valence-corrected chi connectivity index (χ0v) is 14.5. The monoisotopic (exact) mass is 353 g/mol. The second-order valence-corrected chi connectivity index (χ2v) is 6.21. The minimum Gasteiger partial charge on any atom is -0.461 e. The first-order valence-corrected chi connectivity index (χ1v) is 8.54. The van der Waals surface area contributed by atoms with Crippen LogP contribution >= 0.6 is 0 Å². The zero-order valence-electron chi connectivity index (χ0n) is 14.5. The average molecular weight is 353 g/mol. The molecule has 134 valence electrons. The Morgan fingerprint density at radius 1 is 1.27 bits per heavy atom. The molecule has 0 N–H and O–H groups in total. The van der Waals surface area contributed by atoms with Gasteiger partial charge in [0.2, 0.25) is 6.79 Å². The van der Waals surface area contributed by atoms with Gasteiger partial charge in [-0.1, -0.05) is 5.92 Å². The molecule has 0 saturated carbocycles. The Hall–Kier alpha value is -2.91. The lowest BCUT2D eigenvalue weighted by atomic mass is 10.1. The number of hydrogen-bond acceptors (Lipinski definition) is 5. The number of methoxy groups -OCH3 is 1. The van der Waals surface area contributed by atoms with Crippen molar-refractivity contribution < 1.29 is 23.4 Å². The van der Waals surface area contributed by atoms with Gasteiger partial charge in [-0.25, -0.2) is 0 Å². The Kier molecular flexibility index (Phi) is 4.55. The quantitative estimate of drug-likeness (QED) is 0.794. The van der Waals surface area contributed by atoms with E-state index in [4.69, 9.17) is 18.6 Å². The fraction of sp³-hybridized carbons (Fsp3) is 0.350. The third kappa shape index (κ3) is 3.26. The third-order valence-electron chi connectivity index (χ3n) is 4.50. The van der Waals surface area contributed by atoms with E-state index in [-0.39, 0.29) is 18.7 Å². The first kappa shape index (κ1) is 16.6. The fourth-order valence-electron chi connectivity index (χ4n) is 3.27. The molecule has 1 amide bonds. The summed E-state index contributed by atoms with van der Waals surface area (Å²) >= 11 is 0. The molecule has 6 nitrogen and oxygen atoms in total. The van der Waals surface area contributed by atoms with Crippen LogP contribution in [0.25, 0.3) is 0 Å². The minimum absolute atomic E-state index is 0.0702. The molecule has 0 unspecified atom stereocenters. The highest BCUT2D eigenvalue weighted by molar-refractivity contribution is 5.94. The zero-order chi connectivity index (χ0) is 17.9. The van der Waals surface area contributed by atoms with Crippen molar-refractivity contribution in [1.82, 2.24) is 4.90 Å². The molecule has 4 rings (SSSR count). The Morgan fingerprint density at radius 3 is 3.04 bits per heavy atom. The Labute approximate surface area is 151 Å². The molecule has 2 aliphatic rings. The van der Waals surface area contributed by atoms with E-state index in [0.29, 0.717) is 24.7 Å². The van der Waals surface area contributed by atoms with Crippen molar-refractivity contribution >= 4 is 5.91 Å². The highest BCUT2D eigenvalue weighted by Gasteiger charge is 2.31. The van der Waals surface area contributed by atoms with Crippen molar-refractivity contribution in [2.45, 2.75) is 25.5 Å². The third-order valence-corrected chi connectivity index (χ3v) is 4.50. The first-order valence-electron chi connectivity index (χ1n) is 8.54. The molecule has 26 heavy (non-hydrogen) atoms. The smallest absolute Gasteiger partial charge is 0.299 e. The number of rotatable bonds is 3. The summed E-state index contributed by atoms with van der Waals surface area (Å²) in [5.41, 5.74) is 0.721. The van der Waals surface area contributed by atoms with Crippen LogP contribution in [0.15, 0.2) is 34.7 Å². The maximum atomic E-state index is 12.6. The Bertz CT molecular complexity index is 876. The van der Waals surface area contributed by atoms with Crippen molar-refractivity contribution in [3.63, 3.8) is 0 Å². The molecule has 6 heteroatoms. The first-order chi connectivity index (χ1) is 12.7. The number of furan rings is 1. The number of likely N-dealkylation sites (tertiary alicyclic amines) is 1. The summed E-state index contributed by atoms with van der Waals surface area (Å²) in [6.07, 6.45) is 1.81. The van der Waals surface area contributed by atoms with Gasteiger partial charge in [0.05, 0.1) is 6.04 Å². The van der Waals surface area contributed by atoms with Crippen molar-refractivity contribution in [3.8, 4) is 23.3 Å². The number of amides is 1. The van der Waals surface area contributed by atoms with Crippen LogP contribution < -0.4 is 9.47 Å². The van der Waals surface area contributed by atoms with E-state index in [1.807, 2.05) is 18.2 Å². The molecule has 2 aliphatic heterocycles. The fourth-order valence-corrected chi connectivity index (χ4v) is 3.27. The van der Waals surface area contributed by atoms with Crippen LogP contribution in [0, 0.1) is 11.8 Å². The average Bonchev–Trinajstić information content (AvgIpc) is 3.38. The van der Waals surface area contributed by atoms with E-state index >= 15 is 0 Å². The molecule has 1 atom stereocenters. The highest BCUT2D eigenvalue weighted by atomic mass is 16.7. The molecule has 3 heterocycles. The van der Waals surface area contributed by atoms with Crippen LogP contribution in [0.3, 0.4) is 0 Å². The van der Waals surface area contributed by atoms with Crippen LogP contribution in [0.2, 0.25) is 0 Å². The van der Waals surface area contributed by atoms with Crippen molar-refractivity contribution in [2.75, 3.05) is 20.4 Å². The second-order valence-electron chi connectivity index (χ2n) is 6.21. The Balaban J connectivity index is 1.48. The molecule has 0 radical (unpaired) electrons. The van der Waals surface area contributed by atoms with E-state index in [1.54, 1.807) is 24.1 Å². The van der Waals surface area contributed by atoms with Gasteiger partial charge >= 0.3 is 0 Å². The SMILES string of the molecule is COCc1ccc([C@H]2CCCN2C(=O)C#Cc2ccc3c(c2)OCO3)o1. The van der Waals surface area contributed by atoms with Gasteiger partial charge in [0.15, 0.2) is 11.5 Å². The number of nitrogens with zero attached hydrogens (tertiary/aromatic N) is 1. The Morgan fingerprint density at radius 2 is 2.15 bits per heavy atom. The molecule has 1 saturated heterocycles. The molecular weight excluding hydrogens is 334 g/mol. The largest absolute Gasteiger partial charge is 0.461 e. The van der Waals surface area contributed by atoms with Gasteiger partial charge in [-0.3, -0.25) is 4.79 Å². The lowest BCUT2D eigenvalue weighted by molar-refractivity contribution is -0.126. The molecule has 0 spiro atoms. The summed E-state index contributed by atoms with van der Waals surface area (Å²) < 4.78 is 21.5. The van der Waals surface area contributed by atoms with E-state index in [2.05, 4.69) is 11.8 Å². The highest BCUT2D eigenvalue weighted by Crippen LogP contribution is 2.34. The number of benzene rings is 1. The predicted molar refractivity (Wildman–Crippen MR) is 92.6 cm³/mol. The molecule has 1 fully saturated rings. The second kappa shape index (κ2) is 7.14. The molecular formula is C20H19NO5. The lowest BCUT2D eigenvalue weighted by Crippen LogP contribution is -2.29. The lowest BCUT2D eigenvalue weighted by Gasteiger charge is -2.20. The maximum absolute atomic E-state index is 12.6. The summed E-state index contributed by atoms with van der Waals surface area (Å²) in [6, 6.07) is 9.13. The van der Waals surface area contributed by atoms with Crippen molar-refractivity contribution in [3.05, 3.63) is 47.4 Å². The van der Waals surface area contributed by atoms with Crippen molar-refractivity contribution in [1.29, 1.82) is 0 Å². The number of fused-ring (bicyclic) bond motifs is 1. The number of carbonyl (C=O) groups is 1. The van der Waals surface area contributed by atoms with Crippen LogP contribution in [-0.2, 0) is 16.1 Å². The molecule has 1 aromatic carbocycles. The summed E-state index contributed by atoms with van der Waals surface area (Å²) in [4.78, 5) is 14.4. The van der Waals surface area contributed by atoms with Crippen LogP contribution in [-0.4, -0.2) is 31.3 Å². The maximum Gasteiger partial charge on any atom is 0.299 e. The van der Waals surface area contributed by atoms with Gasteiger partial charge in [-0.05, 0) is 43.2 Å². The van der Waals surface area contributed by atoms with E-state index < -0.39 is 0 Å². The molecule has 1 aromatic heterocycles. The molecule has 2 aromatic rings. The van der Waals surface area contributed by atoms with Gasteiger partial charge in [-0.15, -0.1) is 0 Å². The van der Waals surface area contributed by atoms with Gasteiger partial charge in [0.1, 0.15) is 18.1 Å². The number of carbonyl (C=O) groups excluding carboxylic acids is 1. The van der Waals surface area contributed by atoms with E-state index in [0.717, 1.165) is 29.9 Å². The van der Waals surface area contributed by atoms with Gasteiger partial charge < -0.3 is 23.5 Å². The van der Waals surface area contributed by atoms with E-state index in [9.17, 15) is 4.79 Å². The summed E-state index contributed by atoms with van der Waals surface area (Å²) in [5.74, 6) is 8.36. The molecule has 0 aliphatic carbocycles. The summed E-state index contributed by atoms with van der Waals surface area (Å²) in [6.45, 7) is 1.32. The number of ether oxygens (including phenoxy) is 3. The summed E-state index contributed by atoms with van der Waals surface area (Å²) in [7, 11) is 1.62. The van der Waals surface area contributed by atoms with Gasteiger partial charge in [0.25, 0.3) is 5.91 Å². The minimum atomic E-state index is -0.199. The van der Waals surface area contributed by atoms with Crippen LogP contribution in [0.4, 0.5) is 0 Å². The molecule has 0 bridgehead atoms. The normalized spacial score (nSPS) is 17.9. The van der Waals surface area contributed by atoms with Gasteiger partial charge in [-0.2, -0.15) is 0 Å². The van der Waals surface area contributed by atoms with Crippen molar-refractivity contribution in [2.24, 2.45) is 0 Å². The summed E-state index contributed by atoms with van der Waals surface area (Å²) in [5, 5.41) is 0. The standard InChI is InChI=1S/C20H19NO5/c1-23-12-15-6-8-17(26-15)16-3-2-10-21(16)20(22)9-5-14-4-7-18-19(11-14)25-13-24-18/h4,6-8,11,16H,2-3,10,12-13H2,1H3/t16-/m1/s1. The van der Waals surface area contributed by atoms with E-state index in [1.165, 1.54) is 0 Å². The predicted octanol–water partition coefficient (Wildman–Crippen LogP) is 2.87. The van der Waals surface area contributed by atoms with Gasteiger partial charge in [0, 0.05) is 25.1 Å². The topological polar surface area (TPSA) is 61.1 Å².